The number of Topliss-reactive ketones (excluding diaryl/α,β-unsaturated/α-hetero) is 1. The summed E-state index contributed by atoms with van der Waals surface area (Å²) >= 11 is 0. The number of carbonyl (C=O) groups excluding carboxylic acids is 1. The fraction of sp³-hybridized carbons (Fsp3) is 0.471. The molecule has 0 fully saturated rings. The van der Waals surface area contributed by atoms with E-state index in [-0.39, 0.29) is 11.3 Å². The molecule has 118 valence electrons. The largest absolute Gasteiger partial charge is 0.294 e. The standard InChI is InChI=1S/C17H22FN3O/c1-2-3-4-5-6-7-11-16(22)17-14(18)9-8-10-15(17)21-19-12-13-20-21/h8-10,12-13H,2-7,11H2,1H3. The lowest BCUT2D eigenvalue weighted by molar-refractivity contribution is 0.0975. The fourth-order valence-corrected chi connectivity index (χ4v) is 2.49. The van der Waals surface area contributed by atoms with Gasteiger partial charge in [-0.05, 0) is 18.6 Å². The Bertz CT molecular complexity index is 596. The maximum Gasteiger partial charge on any atom is 0.168 e. The van der Waals surface area contributed by atoms with Crippen LogP contribution in [0, 0.1) is 5.82 Å². The Morgan fingerprint density at radius 3 is 2.50 bits per heavy atom. The molecule has 1 aromatic carbocycles. The number of ketones is 1. The van der Waals surface area contributed by atoms with Gasteiger partial charge >= 0.3 is 0 Å². The summed E-state index contributed by atoms with van der Waals surface area (Å²) in [5.41, 5.74) is 0.494. The van der Waals surface area contributed by atoms with Crippen molar-refractivity contribution in [3.63, 3.8) is 0 Å². The lowest BCUT2D eigenvalue weighted by Crippen LogP contribution is -2.11. The average molecular weight is 303 g/mol. The summed E-state index contributed by atoms with van der Waals surface area (Å²) in [6.07, 6.45) is 9.95. The zero-order chi connectivity index (χ0) is 15.8. The molecule has 2 aromatic rings. The highest BCUT2D eigenvalue weighted by molar-refractivity contribution is 5.99. The van der Waals surface area contributed by atoms with E-state index in [0.29, 0.717) is 12.1 Å². The van der Waals surface area contributed by atoms with E-state index in [0.717, 1.165) is 19.3 Å². The number of rotatable bonds is 9. The van der Waals surface area contributed by atoms with Gasteiger partial charge in [-0.3, -0.25) is 4.79 Å². The van der Waals surface area contributed by atoms with Crippen LogP contribution < -0.4 is 0 Å². The van der Waals surface area contributed by atoms with Gasteiger partial charge in [0.2, 0.25) is 0 Å². The van der Waals surface area contributed by atoms with Gasteiger partial charge in [0.1, 0.15) is 5.82 Å². The minimum atomic E-state index is -0.509. The van der Waals surface area contributed by atoms with Crippen molar-refractivity contribution in [2.45, 2.75) is 51.9 Å². The van der Waals surface area contributed by atoms with Crippen molar-refractivity contribution in [1.29, 1.82) is 0 Å². The summed E-state index contributed by atoms with van der Waals surface area (Å²) < 4.78 is 14.1. The number of unbranched alkanes of at least 4 members (excludes halogenated alkanes) is 5. The summed E-state index contributed by atoms with van der Waals surface area (Å²) in [6.45, 7) is 2.17. The number of nitrogens with zero attached hydrogens (tertiary/aromatic N) is 3. The highest BCUT2D eigenvalue weighted by Gasteiger charge is 2.18. The molecule has 2 rings (SSSR count). The predicted molar refractivity (Wildman–Crippen MR) is 83.6 cm³/mol. The van der Waals surface area contributed by atoms with E-state index in [2.05, 4.69) is 17.1 Å². The topological polar surface area (TPSA) is 47.8 Å². The maximum atomic E-state index is 14.1. The molecule has 0 spiro atoms. The van der Waals surface area contributed by atoms with E-state index >= 15 is 0 Å². The van der Waals surface area contributed by atoms with Crippen LogP contribution in [0.15, 0.2) is 30.6 Å². The lowest BCUT2D eigenvalue weighted by atomic mass is 10.0. The van der Waals surface area contributed by atoms with E-state index in [4.69, 9.17) is 0 Å². The zero-order valence-electron chi connectivity index (χ0n) is 13.0. The fourth-order valence-electron chi connectivity index (χ4n) is 2.49. The van der Waals surface area contributed by atoms with E-state index in [1.165, 1.54) is 42.5 Å². The molecular formula is C17H22FN3O. The van der Waals surface area contributed by atoms with E-state index < -0.39 is 5.82 Å². The third-order valence-corrected chi connectivity index (χ3v) is 3.66. The number of aromatic nitrogens is 3. The first kappa shape index (κ1) is 16.3. The lowest BCUT2D eigenvalue weighted by Gasteiger charge is -2.09. The molecule has 0 saturated carbocycles. The molecule has 0 aliphatic heterocycles. The molecule has 0 atom stereocenters. The number of hydrogen-bond acceptors (Lipinski definition) is 3. The Balaban J connectivity index is 2.00. The van der Waals surface area contributed by atoms with Crippen LogP contribution in [0.1, 0.15) is 62.2 Å². The molecule has 1 heterocycles. The third-order valence-electron chi connectivity index (χ3n) is 3.66. The van der Waals surface area contributed by atoms with E-state index in [1.54, 1.807) is 12.1 Å². The van der Waals surface area contributed by atoms with Gasteiger partial charge in [0.05, 0.1) is 23.6 Å². The Labute approximate surface area is 130 Å². The molecule has 22 heavy (non-hydrogen) atoms. The highest BCUT2D eigenvalue weighted by Crippen LogP contribution is 2.20. The summed E-state index contributed by atoms with van der Waals surface area (Å²) in [5, 5.41) is 7.98. The van der Waals surface area contributed by atoms with Crippen molar-refractivity contribution in [1.82, 2.24) is 15.0 Å². The summed E-state index contributed by atoms with van der Waals surface area (Å²) in [6, 6.07) is 4.54. The second-order valence-electron chi connectivity index (χ2n) is 5.39. The highest BCUT2D eigenvalue weighted by atomic mass is 19.1. The van der Waals surface area contributed by atoms with Crippen molar-refractivity contribution in [2.75, 3.05) is 0 Å². The van der Waals surface area contributed by atoms with Gasteiger partial charge in [-0.15, -0.1) is 0 Å². The molecule has 0 saturated heterocycles. The quantitative estimate of drug-likeness (QED) is 0.511. The first-order chi connectivity index (χ1) is 10.7. The molecule has 0 unspecified atom stereocenters. The van der Waals surface area contributed by atoms with Crippen LogP contribution in [0.3, 0.4) is 0 Å². The number of hydrogen-bond donors (Lipinski definition) is 0. The van der Waals surface area contributed by atoms with E-state index in [9.17, 15) is 9.18 Å². The summed E-state index contributed by atoms with van der Waals surface area (Å²) in [7, 11) is 0. The second kappa shape index (κ2) is 8.41. The molecule has 0 aliphatic carbocycles. The molecule has 0 amide bonds. The summed E-state index contributed by atoms with van der Waals surface area (Å²) in [4.78, 5) is 13.7. The first-order valence-electron chi connectivity index (χ1n) is 7.92. The SMILES string of the molecule is CCCCCCCCC(=O)c1c(F)cccc1-n1nccn1. The first-order valence-corrected chi connectivity index (χ1v) is 7.92. The third kappa shape index (κ3) is 4.23. The van der Waals surface area contributed by atoms with Gasteiger partial charge in [-0.2, -0.15) is 15.0 Å². The van der Waals surface area contributed by atoms with Crippen LogP contribution >= 0.6 is 0 Å². The molecular weight excluding hydrogens is 281 g/mol. The van der Waals surface area contributed by atoms with Gasteiger partial charge < -0.3 is 0 Å². The zero-order valence-corrected chi connectivity index (χ0v) is 13.0. The summed E-state index contributed by atoms with van der Waals surface area (Å²) in [5.74, 6) is -0.688. The van der Waals surface area contributed by atoms with Crippen LogP contribution in [-0.4, -0.2) is 20.8 Å². The van der Waals surface area contributed by atoms with Crippen LogP contribution in [0.4, 0.5) is 4.39 Å². The van der Waals surface area contributed by atoms with Gasteiger partial charge in [-0.1, -0.05) is 45.1 Å². The molecule has 0 aliphatic rings. The van der Waals surface area contributed by atoms with Gasteiger partial charge in [0, 0.05) is 6.42 Å². The van der Waals surface area contributed by atoms with Crippen molar-refractivity contribution in [3.05, 3.63) is 42.0 Å². The number of halogens is 1. The predicted octanol–water partition coefficient (Wildman–Crippen LogP) is 4.34. The van der Waals surface area contributed by atoms with Crippen molar-refractivity contribution < 1.29 is 9.18 Å². The Morgan fingerprint density at radius 2 is 1.77 bits per heavy atom. The van der Waals surface area contributed by atoms with Crippen molar-refractivity contribution >= 4 is 5.78 Å². The minimum absolute atomic E-state index is 0.0901. The van der Waals surface area contributed by atoms with Gasteiger partial charge in [0.15, 0.2) is 5.78 Å². The molecule has 0 radical (unpaired) electrons. The molecule has 4 nitrogen and oxygen atoms in total. The number of benzene rings is 1. The normalized spacial score (nSPS) is 10.8. The second-order valence-corrected chi connectivity index (χ2v) is 5.39. The average Bonchev–Trinajstić information content (AvgIpc) is 3.04. The number of carbonyl (C=O) groups is 1. The molecule has 0 N–H and O–H groups in total. The smallest absolute Gasteiger partial charge is 0.168 e. The van der Waals surface area contributed by atoms with Crippen LogP contribution in [0.5, 0.6) is 0 Å². The Kier molecular flexibility index (Phi) is 6.25. The molecule has 0 bridgehead atoms. The molecule has 5 heteroatoms. The van der Waals surface area contributed by atoms with E-state index in [1.807, 2.05) is 0 Å². The van der Waals surface area contributed by atoms with Gasteiger partial charge in [-0.25, -0.2) is 4.39 Å². The van der Waals surface area contributed by atoms with Crippen LogP contribution in [0.2, 0.25) is 0 Å². The van der Waals surface area contributed by atoms with Gasteiger partial charge in [0.25, 0.3) is 0 Å². The van der Waals surface area contributed by atoms with Crippen molar-refractivity contribution in [2.24, 2.45) is 0 Å². The van der Waals surface area contributed by atoms with Crippen LogP contribution in [-0.2, 0) is 0 Å². The van der Waals surface area contributed by atoms with Crippen LogP contribution in [0.25, 0.3) is 5.69 Å². The Morgan fingerprint density at radius 1 is 1.09 bits per heavy atom. The molecule has 1 aromatic heterocycles. The Hall–Kier alpha value is -2.04. The van der Waals surface area contributed by atoms with Crippen molar-refractivity contribution in [3.8, 4) is 5.69 Å². The minimum Gasteiger partial charge on any atom is -0.294 e. The maximum absolute atomic E-state index is 14.1. The monoisotopic (exact) mass is 303 g/mol.